The van der Waals surface area contributed by atoms with Crippen LogP contribution >= 0.6 is 0 Å². The van der Waals surface area contributed by atoms with Crippen molar-refractivity contribution < 1.29 is 31.0 Å². The van der Waals surface area contributed by atoms with Gasteiger partial charge in [-0.2, -0.15) is 0 Å². The summed E-state index contributed by atoms with van der Waals surface area (Å²) in [4.78, 5) is 0. The molecule has 146 valence electrons. The minimum Gasteiger partial charge on any atom is -0.422 e. The summed E-state index contributed by atoms with van der Waals surface area (Å²) in [7, 11) is 4.94. The monoisotopic (exact) mass is 416 g/mol. The predicted molar refractivity (Wildman–Crippen MR) is 106 cm³/mol. The smallest absolute Gasteiger partial charge is 0.326 e. The summed E-state index contributed by atoms with van der Waals surface area (Å²) in [5.74, 6) is 0. The summed E-state index contributed by atoms with van der Waals surface area (Å²) in [5.41, 5.74) is -0.275. The van der Waals surface area contributed by atoms with Crippen molar-refractivity contribution in [3.63, 3.8) is 0 Å². The van der Waals surface area contributed by atoms with Gasteiger partial charge in [0.15, 0.2) is 0 Å². The Kier molecular flexibility index (Phi) is 12.4. The van der Waals surface area contributed by atoms with Gasteiger partial charge in [0, 0.05) is 59.3 Å². The highest BCUT2D eigenvalue weighted by Gasteiger charge is 2.56. The Bertz CT molecular complexity index is 282. The van der Waals surface area contributed by atoms with Gasteiger partial charge in [0.2, 0.25) is 0 Å². The molecule has 0 amide bonds. The number of hydrogen-bond acceptors (Lipinski definition) is 7. The third-order valence-corrected chi connectivity index (χ3v) is 12.6. The van der Waals surface area contributed by atoms with Crippen molar-refractivity contribution in [3.05, 3.63) is 0 Å². The van der Waals surface area contributed by atoms with E-state index in [2.05, 4.69) is 20.8 Å². The van der Waals surface area contributed by atoms with Crippen LogP contribution in [0.3, 0.4) is 0 Å². The first kappa shape index (κ1) is 24.6. The fraction of sp³-hybridized carbons (Fsp3) is 1.00. The fourth-order valence-electron chi connectivity index (χ4n) is 3.95. The maximum Gasteiger partial charge on any atom is 0.326 e. The second-order valence-electron chi connectivity index (χ2n) is 5.94. The Morgan fingerprint density at radius 3 is 0.917 bits per heavy atom. The molecule has 0 spiro atoms. The third-order valence-electron chi connectivity index (χ3n) is 5.11. The summed E-state index contributed by atoms with van der Waals surface area (Å²) in [6.45, 7) is 6.42. The van der Waals surface area contributed by atoms with Gasteiger partial charge in [-0.05, 0) is 0 Å². The van der Waals surface area contributed by atoms with Crippen LogP contribution in [0.15, 0.2) is 0 Å². The highest BCUT2D eigenvalue weighted by molar-refractivity contribution is 6.52. The molecule has 0 radical (unpaired) electrons. The average Bonchev–Trinajstić information content (AvgIpc) is 2.59. The molecule has 7 nitrogen and oxygen atoms in total. The third kappa shape index (κ3) is 5.07. The first-order chi connectivity index (χ1) is 11.4. The molecule has 3 atom stereocenters. The number of hydrogen-bond donors (Lipinski definition) is 0. The van der Waals surface area contributed by atoms with Crippen molar-refractivity contribution in [2.75, 3.05) is 42.7 Å². The zero-order valence-corrected chi connectivity index (χ0v) is 22.3. The molecular weight excluding hydrogens is 380 g/mol. The molecule has 0 aromatic carbocycles. The van der Waals surface area contributed by atoms with Crippen LogP contribution in [0.5, 0.6) is 0 Å². The Balaban J connectivity index is 6.09. The highest BCUT2D eigenvalue weighted by Crippen LogP contribution is 2.50. The maximum atomic E-state index is 6.34. The van der Waals surface area contributed by atoms with Crippen molar-refractivity contribution in [1.29, 1.82) is 0 Å². The highest BCUT2D eigenvalue weighted by atomic mass is 28.3. The molecule has 0 aromatic rings. The van der Waals surface area contributed by atoms with Crippen LogP contribution in [0.25, 0.3) is 0 Å². The zero-order chi connectivity index (χ0) is 18.9. The van der Waals surface area contributed by atoms with Crippen molar-refractivity contribution in [2.45, 2.75) is 43.0 Å². The van der Waals surface area contributed by atoms with E-state index in [0.29, 0.717) is 10.5 Å². The quantitative estimate of drug-likeness (QED) is 0.383. The van der Waals surface area contributed by atoms with Crippen LogP contribution in [0.2, 0.25) is 16.6 Å². The molecule has 11 heteroatoms. The molecule has 0 bridgehead atoms. The van der Waals surface area contributed by atoms with Crippen LogP contribution < -0.4 is 0 Å². The molecule has 0 N–H and O–H groups in total. The second-order valence-corrected chi connectivity index (χ2v) is 14.4. The molecule has 0 saturated heterocycles. The lowest BCUT2D eigenvalue weighted by Crippen LogP contribution is -2.57. The predicted octanol–water partition coefficient (Wildman–Crippen LogP) is -0.268. The standard InChI is InChI=1S/C13H36O7Si4/c1-10(22(14-4)15-5)13(20-21,11(2)23(16-6)17-7)12(3)24(18-8)19-9/h10-12,22-24H,1-9,21H3. The van der Waals surface area contributed by atoms with E-state index in [4.69, 9.17) is 31.0 Å². The van der Waals surface area contributed by atoms with Gasteiger partial charge >= 0.3 is 27.9 Å². The van der Waals surface area contributed by atoms with E-state index in [1.165, 1.54) is 0 Å². The fourth-order valence-corrected chi connectivity index (χ4v) is 13.1. The van der Waals surface area contributed by atoms with Crippen molar-refractivity contribution in [3.8, 4) is 0 Å². The van der Waals surface area contributed by atoms with E-state index >= 15 is 0 Å². The lowest BCUT2D eigenvalue weighted by molar-refractivity contribution is 0.0287. The largest absolute Gasteiger partial charge is 0.422 e. The van der Waals surface area contributed by atoms with Gasteiger partial charge in [-0.1, -0.05) is 20.8 Å². The first-order valence-corrected chi connectivity index (χ1v) is 13.7. The summed E-state index contributed by atoms with van der Waals surface area (Å²) in [6, 6.07) is 0. The summed E-state index contributed by atoms with van der Waals surface area (Å²) < 4.78 is 40.4. The molecule has 0 aromatic heterocycles. The Morgan fingerprint density at radius 1 is 0.583 bits per heavy atom. The SMILES string of the molecule is CO[SiH](OC)C(C)C(O[SiH3])(C(C)[SiH](OC)OC)C(C)[SiH](OC)OC. The lowest BCUT2D eigenvalue weighted by Gasteiger charge is -2.50. The molecule has 0 rings (SSSR count). The van der Waals surface area contributed by atoms with E-state index < -0.39 is 33.5 Å². The normalized spacial score (nSPS) is 19.0. The molecule has 0 aliphatic rings. The van der Waals surface area contributed by atoms with Gasteiger partial charge in [0.25, 0.3) is 0 Å². The summed E-state index contributed by atoms with van der Waals surface area (Å²) in [6.07, 6.45) is 0. The maximum absolute atomic E-state index is 6.34. The van der Waals surface area contributed by atoms with E-state index in [-0.39, 0.29) is 16.6 Å². The van der Waals surface area contributed by atoms with E-state index in [0.717, 1.165) is 0 Å². The molecule has 3 unspecified atom stereocenters. The van der Waals surface area contributed by atoms with Gasteiger partial charge in [-0.15, -0.1) is 0 Å². The lowest BCUT2D eigenvalue weighted by atomic mass is 9.92. The van der Waals surface area contributed by atoms with Gasteiger partial charge in [-0.25, -0.2) is 0 Å². The summed E-state index contributed by atoms with van der Waals surface area (Å²) >= 11 is 0. The molecule has 0 aliphatic heterocycles. The second kappa shape index (κ2) is 12.1. The minimum absolute atomic E-state index is 0.0793. The van der Waals surface area contributed by atoms with Crippen LogP contribution in [0.4, 0.5) is 0 Å². The molecule has 0 aliphatic carbocycles. The first-order valence-electron chi connectivity index (χ1n) is 8.07. The topological polar surface area (TPSA) is 64.6 Å². The Labute approximate surface area is 155 Å². The Hall–Kier alpha value is 0.588. The minimum atomic E-state index is -1.95. The van der Waals surface area contributed by atoms with Crippen molar-refractivity contribution in [2.24, 2.45) is 0 Å². The van der Waals surface area contributed by atoms with Crippen LogP contribution in [0, 0.1) is 0 Å². The van der Waals surface area contributed by atoms with Crippen molar-refractivity contribution in [1.82, 2.24) is 0 Å². The van der Waals surface area contributed by atoms with Crippen LogP contribution in [0.1, 0.15) is 20.8 Å². The average molecular weight is 417 g/mol. The van der Waals surface area contributed by atoms with Gasteiger partial charge in [0.1, 0.15) is 10.5 Å². The Morgan fingerprint density at radius 2 is 0.792 bits per heavy atom. The van der Waals surface area contributed by atoms with E-state index in [1.807, 2.05) is 0 Å². The summed E-state index contributed by atoms with van der Waals surface area (Å²) in [5, 5.41) is 0. The molecule has 0 saturated carbocycles. The van der Waals surface area contributed by atoms with Crippen LogP contribution in [-0.4, -0.2) is 86.6 Å². The van der Waals surface area contributed by atoms with Crippen molar-refractivity contribution >= 4 is 38.3 Å². The van der Waals surface area contributed by atoms with Gasteiger partial charge in [0.05, 0.1) is 5.60 Å². The van der Waals surface area contributed by atoms with Gasteiger partial charge in [-0.3, -0.25) is 0 Å². The molecule has 24 heavy (non-hydrogen) atoms. The molecule has 0 heterocycles. The molecular formula is C13H36O7Si4. The van der Waals surface area contributed by atoms with Crippen LogP contribution in [-0.2, 0) is 31.0 Å². The number of rotatable bonds is 13. The zero-order valence-electron chi connectivity index (χ0n) is 16.8. The molecule has 0 fully saturated rings. The van der Waals surface area contributed by atoms with Gasteiger partial charge < -0.3 is 31.0 Å². The van der Waals surface area contributed by atoms with E-state index in [1.54, 1.807) is 42.7 Å². The van der Waals surface area contributed by atoms with E-state index in [9.17, 15) is 0 Å².